The number of hydrogen-bond donors (Lipinski definition) is 1. The van der Waals surface area contributed by atoms with Crippen molar-refractivity contribution in [3.63, 3.8) is 0 Å². The van der Waals surface area contributed by atoms with Gasteiger partial charge in [0, 0.05) is 6.04 Å². The van der Waals surface area contributed by atoms with Gasteiger partial charge in [0.2, 0.25) is 0 Å². The highest BCUT2D eigenvalue weighted by atomic mass is 15.2. The standard InChI is InChI=1S/C18H35N3/c1-7-10-20-18(6,14-19)13-15(2)21-11-8-16(9-12-21)17(3,4)5/h15-16,20H,7-13H2,1-6H3. The lowest BCUT2D eigenvalue weighted by Gasteiger charge is -2.42. The van der Waals surface area contributed by atoms with Gasteiger partial charge in [-0.15, -0.1) is 0 Å². The maximum Gasteiger partial charge on any atom is 0.105 e. The van der Waals surface area contributed by atoms with E-state index in [1.807, 2.05) is 6.92 Å². The minimum atomic E-state index is -0.393. The zero-order chi connectivity index (χ0) is 16.1. The second-order valence-corrected chi connectivity index (χ2v) is 8.10. The molecule has 1 N–H and O–H groups in total. The summed E-state index contributed by atoms with van der Waals surface area (Å²) in [5.74, 6) is 0.835. The van der Waals surface area contributed by atoms with E-state index in [2.05, 4.69) is 50.9 Å². The van der Waals surface area contributed by atoms with E-state index in [-0.39, 0.29) is 0 Å². The Labute approximate surface area is 132 Å². The summed E-state index contributed by atoms with van der Waals surface area (Å²) < 4.78 is 0. The molecule has 0 bridgehead atoms. The molecule has 1 fully saturated rings. The Hall–Kier alpha value is -0.590. The SMILES string of the molecule is CCCNC(C)(C#N)CC(C)N1CCC(C(C)(C)C)CC1. The normalized spacial score (nSPS) is 22.5. The molecule has 1 rings (SSSR count). The molecule has 1 saturated heterocycles. The van der Waals surface area contributed by atoms with Crippen LogP contribution in [-0.2, 0) is 0 Å². The maximum atomic E-state index is 9.48. The first-order valence-corrected chi connectivity index (χ1v) is 8.62. The van der Waals surface area contributed by atoms with E-state index in [4.69, 9.17) is 0 Å². The Kier molecular flexibility index (Phi) is 6.69. The van der Waals surface area contributed by atoms with Crippen LogP contribution in [-0.4, -0.2) is 36.1 Å². The monoisotopic (exact) mass is 293 g/mol. The molecule has 21 heavy (non-hydrogen) atoms. The van der Waals surface area contributed by atoms with Crippen molar-refractivity contribution in [2.24, 2.45) is 11.3 Å². The van der Waals surface area contributed by atoms with E-state index in [9.17, 15) is 5.26 Å². The maximum absolute atomic E-state index is 9.48. The predicted octanol–water partition coefficient (Wildman–Crippen LogP) is 3.80. The highest BCUT2D eigenvalue weighted by molar-refractivity contribution is 5.05. The van der Waals surface area contributed by atoms with Crippen molar-refractivity contribution in [3.05, 3.63) is 0 Å². The minimum Gasteiger partial charge on any atom is -0.301 e. The molecule has 3 heteroatoms. The summed E-state index contributed by atoms with van der Waals surface area (Å²) in [6, 6.07) is 2.95. The smallest absolute Gasteiger partial charge is 0.105 e. The lowest BCUT2D eigenvalue weighted by Crippen LogP contribution is -2.49. The van der Waals surface area contributed by atoms with Gasteiger partial charge in [-0.1, -0.05) is 27.7 Å². The van der Waals surface area contributed by atoms with Gasteiger partial charge in [-0.2, -0.15) is 5.26 Å². The molecule has 0 aromatic carbocycles. The van der Waals surface area contributed by atoms with Crippen molar-refractivity contribution < 1.29 is 0 Å². The van der Waals surface area contributed by atoms with Gasteiger partial charge in [-0.05, 0) is 70.5 Å². The number of likely N-dealkylation sites (tertiary alicyclic amines) is 1. The van der Waals surface area contributed by atoms with Crippen molar-refractivity contribution in [2.75, 3.05) is 19.6 Å². The Morgan fingerprint density at radius 3 is 2.24 bits per heavy atom. The molecule has 0 amide bonds. The third kappa shape index (κ3) is 5.60. The molecule has 3 nitrogen and oxygen atoms in total. The van der Waals surface area contributed by atoms with Gasteiger partial charge in [0.05, 0.1) is 6.07 Å². The van der Waals surface area contributed by atoms with Gasteiger partial charge < -0.3 is 4.90 Å². The number of hydrogen-bond acceptors (Lipinski definition) is 3. The molecular weight excluding hydrogens is 258 g/mol. The Morgan fingerprint density at radius 2 is 1.81 bits per heavy atom. The van der Waals surface area contributed by atoms with Crippen LogP contribution in [0.1, 0.15) is 67.2 Å². The average Bonchev–Trinajstić information content (AvgIpc) is 2.44. The van der Waals surface area contributed by atoms with E-state index in [1.54, 1.807) is 0 Å². The molecule has 0 aromatic rings. The fourth-order valence-corrected chi connectivity index (χ4v) is 3.48. The van der Waals surface area contributed by atoms with Crippen LogP contribution < -0.4 is 5.32 Å². The first-order chi connectivity index (χ1) is 9.72. The molecule has 0 aromatic heterocycles. The molecular formula is C18H35N3. The molecule has 0 saturated carbocycles. The van der Waals surface area contributed by atoms with Crippen LogP contribution >= 0.6 is 0 Å². The van der Waals surface area contributed by atoms with Crippen molar-refractivity contribution in [3.8, 4) is 6.07 Å². The number of nitrogens with zero attached hydrogens (tertiary/aromatic N) is 2. The van der Waals surface area contributed by atoms with Crippen LogP contribution in [0.25, 0.3) is 0 Å². The first kappa shape index (κ1) is 18.5. The zero-order valence-electron chi connectivity index (χ0n) is 15.0. The lowest BCUT2D eigenvalue weighted by molar-refractivity contribution is 0.0784. The molecule has 122 valence electrons. The summed E-state index contributed by atoms with van der Waals surface area (Å²) in [6.07, 6.45) is 4.56. The highest BCUT2D eigenvalue weighted by Crippen LogP contribution is 2.35. The van der Waals surface area contributed by atoms with E-state index < -0.39 is 5.54 Å². The number of nitrogens with one attached hydrogen (secondary N) is 1. The van der Waals surface area contributed by atoms with Crippen LogP contribution in [0.4, 0.5) is 0 Å². The Morgan fingerprint density at radius 1 is 1.24 bits per heavy atom. The van der Waals surface area contributed by atoms with E-state index in [1.165, 1.54) is 25.9 Å². The summed E-state index contributed by atoms with van der Waals surface area (Å²) in [5.41, 5.74) is 0.0372. The van der Waals surface area contributed by atoms with E-state index in [0.717, 1.165) is 25.3 Å². The number of rotatable bonds is 6. The second kappa shape index (κ2) is 7.61. The van der Waals surface area contributed by atoms with Gasteiger partial charge in [0.15, 0.2) is 0 Å². The summed E-state index contributed by atoms with van der Waals surface area (Å²) in [4.78, 5) is 2.57. The van der Waals surface area contributed by atoms with Crippen molar-refractivity contribution in [2.45, 2.75) is 78.8 Å². The van der Waals surface area contributed by atoms with Crippen LogP contribution in [0.15, 0.2) is 0 Å². The average molecular weight is 293 g/mol. The predicted molar refractivity (Wildman–Crippen MR) is 90.1 cm³/mol. The summed E-state index contributed by atoms with van der Waals surface area (Å²) in [6.45, 7) is 16.8. The van der Waals surface area contributed by atoms with Gasteiger partial charge in [0.25, 0.3) is 0 Å². The minimum absolute atomic E-state index is 0.393. The topological polar surface area (TPSA) is 39.1 Å². The number of piperidine rings is 1. The van der Waals surface area contributed by atoms with E-state index in [0.29, 0.717) is 11.5 Å². The van der Waals surface area contributed by atoms with Crippen LogP contribution in [0.3, 0.4) is 0 Å². The van der Waals surface area contributed by atoms with Gasteiger partial charge in [0.1, 0.15) is 5.54 Å². The third-order valence-electron chi connectivity index (χ3n) is 5.09. The van der Waals surface area contributed by atoms with Crippen LogP contribution in [0, 0.1) is 22.7 Å². The van der Waals surface area contributed by atoms with E-state index >= 15 is 0 Å². The summed E-state index contributed by atoms with van der Waals surface area (Å²) >= 11 is 0. The largest absolute Gasteiger partial charge is 0.301 e. The molecule has 1 aliphatic rings. The second-order valence-electron chi connectivity index (χ2n) is 8.10. The Bertz CT molecular complexity index is 344. The first-order valence-electron chi connectivity index (χ1n) is 8.62. The molecule has 0 spiro atoms. The summed E-state index contributed by atoms with van der Waals surface area (Å²) in [5, 5.41) is 12.9. The highest BCUT2D eigenvalue weighted by Gasteiger charge is 2.33. The van der Waals surface area contributed by atoms with Crippen LogP contribution in [0.5, 0.6) is 0 Å². The molecule has 1 aliphatic heterocycles. The third-order valence-corrected chi connectivity index (χ3v) is 5.09. The van der Waals surface area contributed by atoms with Gasteiger partial charge in [-0.3, -0.25) is 5.32 Å². The van der Waals surface area contributed by atoms with Gasteiger partial charge >= 0.3 is 0 Å². The van der Waals surface area contributed by atoms with Crippen molar-refractivity contribution in [1.82, 2.24) is 10.2 Å². The zero-order valence-corrected chi connectivity index (χ0v) is 15.0. The Balaban J connectivity index is 2.50. The fourth-order valence-electron chi connectivity index (χ4n) is 3.48. The molecule has 2 unspecified atom stereocenters. The van der Waals surface area contributed by atoms with Crippen molar-refractivity contribution in [1.29, 1.82) is 5.26 Å². The molecule has 1 heterocycles. The quantitative estimate of drug-likeness (QED) is 0.809. The summed E-state index contributed by atoms with van der Waals surface area (Å²) in [7, 11) is 0. The molecule has 0 aliphatic carbocycles. The number of nitriles is 1. The van der Waals surface area contributed by atoms with Gasteiger partial charge in [-0.25, -0.2) is 0 Å². The van der Waals surface area contributed by atoms with Crippen LogP contribution in [0.2, 0.25) is 0 Å². The molecule has 2 atom stereocenters. The van der Waals surface area contributed by atoms with Crippen molar-refractivity contribution >= 4 is 0 Å². The fraction of sp³-hybridized carbons (Fsp3) is 0.944. The molecule has 0 radical (unpaired) electrons. The lowest BCUT2D eigenvalue weighted by atomic mass is 9.75.